The van der Waals surface area contributed by atoms with Crippen molar-refractivity contribution in [1.29, 1.82) is 0 Å². The number of hydrogen-bond donors (Lipinski definition) is 1. The van der Waals surface area contributed by atoms with Crippen molar-refractivity contribution < 1.29 is 28.2 Å². The summed E-state index contributed by atoms with van der Waals surface area (Å²) in [6, 6.07) is 10.1. The quantitative estimate of drug-likeness (QED) is 0.579. The average molecular weight is 513 g/mol. The number of likely N-dealkylation sites (tertiary alicyclic amines) is 1. The Kier molecular flexibility index (Phi) is 6.96. The molecular formula is C29H34F2N2O4. The third-order valence-electron chi connectivity index (χ3n) is 8.78. The number of benzene rings is 2. The molecule has 1 saturated heterocycles. The Bertz CT molecular complexity index is 1160. The Morgan fingerprint density at radius 1 is 1.03 bits per heavy atom. The van der Waals surface area contributed by atoms with E-state index in [0.717, 1.165) is 31.2 Å². The molecule has 1 N–H and O–H groups in total. The maximum Gasteiger partial charge on any atom is 0.324 e. The zero-order valence-electron chi connectivity index (χ0n) is 21.3. The van der Waals surface area contributed by atoms with Crippen molar-refractivity contribution in [1.82, 2.24) is 4.90 Å². The number of nitrogens with zero attached hydrogens (tertiary/aromatic N) is 2. The van der Waals surface area contributed by atoms with Crippen LogP contribution in [0.25, 0.3) is 0 Å². The van der Waals surface area contributed by atoms with Gasteiger partial charge >= 0.3 is 12.0 Å². The molecule has 2 aromatic rings. The van der Waals surface area contributed by atoms with Gasteiger partial charge in [0.25, 0.3) is 0 Å². The first-order valence-electron chi connectivity index (χ1n) is 13.1. The number of aliphatic hydroxyl groups excluding tert-OH is 1. The molecule has 0 radical (unpaired) electrons. The van der Waals surface area contributed by atoms with Gasteiger partial charge in [-0.15, -0.1) is 0 Å². The highest BCUT2D eigenvalue weighted by Gasteiger charge is 2.49. The number of rotatable bonds is 3. The molecule has 1 aliphatic carbocycles. The molecule has 5 rings (SSSR count). The zero-order chi connectivity index (χ0) is 26.3. The molecule has 0 unspecified atom stereocenters. The van der Waals surface area contributed by atoms with Gasteiger partial charge in [0.1, 0.15) is 11.6 Å². The minimum Gasteiger partial charge on any atom is -0.468 e. The number of halogens is 2. The van der Waals surface area contributed by atoms with E-state index in [1.54, 1.807) is 28.0 Å². The van der Waals surface area contributed by atoms with Crippen molar-refractivity contribution in [3.63, 3.8) is 0 Å². The van der Waals surface area contributed by atoms with Crippen LogP contribution in [0.3, 0.4) is 0 Å². The van der Waals surface area contributed by atoms with E-state index in [2.05, 4.69) is 0 Å². The van der Waals surface area contributed by atoms with Crippen LogP contribution in [0.2, 0.25) is 0 Å². The molecule has 1 saturated carbocycles. The fourth-order valence-corrected chi connectivity index (χ4v) is 6.76. The molecule has 0 aromatic heterocycles. The van der Waals surface area contributed by atoms with Crippen LogP contribution in [-0.2, 0) is 14.9 Å². The molecule has 37 heavy (non-hydrogen) atoms. The number of methoxy groups -OCH3 is 1. The first-order valence-corrected chi connectivity index (χ1v) is 13.1. The van der Waals surface area contributed by atoms with Crippen molar-refractivity contribution in [2.45, 2.75) is 68.9 Å². The first kappa shape index (κ1) is 25.6. The van der Waals surface area contributed by atoms with Crippen LogP contribution >= 0.6 is 0 Å². The van der Waals surface area contributed by atoms with Crippen LogP contribution in [0.1, 0.15) is 62.5 Å². The maximum atomic E-state index is 14.3. The Hall–Kier alpha value is -3.00. The van der Waals surface area contributed by atoms with Crippen molar-refractivity contribution in [3.8, 4) is 0 Å². The van der Waals surface area contributed by atoms with Gasteiger partial charge in [-0.2, -0.15) is 0 Å². The number of hydrogen-bond acceptors (Lipinski definition) is 4. The summed E-state index contributed by atoms with van der Waals surface area (Å²) in [4.78, 5) is 30.4. The summed E-state index contributed by atoms with van der Waals surface area (Å²) in [5.74, 6) is -0.739. The molecule has 6 nitrogen and oxygen atoms in total. The number of urea groups is 1. The van der Waals surface area contributed by atoms with E-state index in [4.69, 9.17) is 4.74 Å². The van der Waals surface area contributed by atoms with Gasteiger partial charge in [-0.05, 0) is 86.8 Å². The van der Waals surface area contributed by atoms with Gasteiger partial charge in [-0.25, -0.2) is 13.6 Å². The van der Waals surface area contributed by atoms with Gasteiger partial charge < -0.3 is 14.7 Å². The molecule has 2 aromatic carbocycles. The van der Waals surface area contributed by atoms with Crippen LogP contribution in [0, 0.1) is 17.6 Å². The number of carbonyl (C=O) groups is 2. The fourth-order valence-electron chi connectivity index (χ4n) is 6.76. The molecular weight excluding hydrogens is 478 g/mol. The number of anilines is 1. The van der Waals surface area contributed by atoms with E-state index < -0.39 is 11.4 Å². The zero-order valence-corrected chi connectivity index (χ0v) is 21.3. The molecule has 198 valence electrons. The Morgan fingerprint density at radius 3 is 2.35 bits per heavy atom. The van der Waals surface area contributed by atoms with Crippen molar-refractivity contribution >= 4 is 17.7 Å². The number of amides is 2. The number of carbonyl (C=O) groups excluding carboxylic acids is 2. The fraction of sp³-hybridized carbons (Fsp3) is 0.517. The van der Waals surface area contributed by atoms with Crippen LogP contribution in [0.5, 0.6) is 0 Å². The van der Waals surface area contributed by atoms with Crippen molar-refractivity contribution in [2.24, 2.45) is 5.92 Å². The summed E-state index contributed by atoms with van der Waals surface area (Å²) in [6.45, 7) is 2.69. The van der Waals surface area contributed by atoms with Gasteiger partial charge in [0.2, 0.25) is 0 Å². The summed E-state index contributed by atoms with van der Waals surface area (Å²) in [7, 11) is 1.34. The van der Waals surface area contributed by atoms with Crippen LogP contribution < -0.4 is 4.90 Å². The highest BCUT2D eigenvalue weighted by Crippen LogP contribution is 2.47. The number of ether oxygens (including phenoxy) is 1. The SMILES string of the molecule is COC(=O)[C@@]1(c2ccc(F)cc2)CCN(C(=O)N2C[C@@H](C3CCC(O)CC3)c3ccc(F)cc32)[C@@H](C)C1. The molecule has 2 heterocycles. The molecule has 2 amide bonds. The summed E-state index contributed by atoms with van der Waals surface area (Å²) in [6.07, 6.45) is 3.66. The third kappa shape index (κ3) is 4.60. The van der Waals surface area contributed by atoms with E-state index in [1.165, 1.54) is 31.4 Å². The largest absolute Gasteiger partial charge is 0.468 e. The predicted octanol–water partition coefficient (Wildman–Crippen LogP) is 5.13. The van der Waals surface area contributed by atoms with Crippen molar-refractivity contribution in [3.05, 3.63) is 65.2 Å². The minimum absolute atomic E-state index is 0.0977. The lowest BCUT2D eigenvalue weighted by Gasteiger charge is -2.45. The van der Waals surface area contributed by atoms with Gasteiger partial charge in [0.05, 0.1) is 24.3 Å². The van der Waals surface area contributed by atoms with E-state index in [9.17, 15) is 23.5 Å². The molecule has 8 heteroatoms. The Balaban J connectivity index is 1.39. The average Bonchev–Trinajstić information content (AvgIpc) is 3.27. The van der Waals surface area contributed by atoms with E-state index in [-0.39, 0.29) is 35.7 Å². The highest BCUT2D eigenvalue weighted by molar-refractivity contribution is 5.95. The summed E-state index contributed by atoms with van der Waals surface area (Å²) in [5.41, 5.74) is 1.29. The second-order valence-corrected chi connectivity index (χ2v) is 10.8. The highest BCUT2D eigenvalue weighted by atomic mass is 19.1. The van der Waals surface area contributed by atoms with Gasteiger partial charge in [-0.1, -0.05) is 18.2 Å². The van der Waals surface area contributed by atoms with Crippen LogP contribution in [0.15, 0.2) is 42.5 Å². The summed E-state index contributed by atoms with van der Waals surface area (Å²) >= 11 is 0. The topological polar surface area (TPSA) is 70.1 Å². The molecule has 2 aliphatic heterocycles. The van der Waals surface area contributed by atoms with Crippen LogP contribution in [0.4, 0.5) is 19.3 Å². The normalized spacial score (nSPS) is 29.6. The van der Waals surface area contributed by atoms with E-state index in [1.807, 2.05) is 6.92 Å². The molecule has 0 bridgehead atoms. The number of fused-ring (bicyclic) bond motifs is 1. The van der Waals surface area contributed by atoms with Gasteiger partial charge in [0.15, 0.2) is 0 Å². The minimum atomic E-state index is -0.973. The third-order valence-corrected chi connectivity index (χ3v) is 8.78. The summed E-state index contributed by atoms with van der Waals surface area (Å²) < 4.78 is 33.1. The lowest BCUT2D eigenvalue weighted by atomic mass is 9.70. The van der Waals surface area contributed by atoms with Gasteiger partial charge in [0, 0.05) is 25.0 Å². The molecule has 0 spiro atoms. The second-order valence-electron chi connectivity index (χ2n) is 10.8. The summed E-state index contributed by atoms with van der Waals surface area (Å²) in [5, 5.41) is 9.96. The van der Waals surface area contributed by atoms with Crippen LogP contribution in [-0.4, -0.2) is 54.4 Å². The monoisotopic (exact) mass is 512 g/mol. The standard InChI is InChI=1S/C29H34F2N2O4/c1-18-16-29(27(35)37-2,20-5-7-21(30)8-6-20)13-14-32(18)28(36)33-17-25(19-3-10-23(34)11-4-19)24-12-9-22(31)15-26(24)33/h5-9,12,15,18-19,23,25,34H,3-4,10-11,13-14,16-17H2,1-2H3/t18-,19?,23?,25-,29-/m0/s1. The first-order chi connectivity index (χ1) is 17.7. The number of aliphatic hydroxyl groups is 1. The molecule has 3 atom stereocenters. The van der Waals surface area contributed by atoms with E-state index in [0.29, 0.717) is 43.1 Å². The smallest absolute Gasteiger partial charge is 0.324 e. The van der Waals surface area contributed by atoms with E-state index >= 15 is 0 Å². The number of piperidine rings is 1. The maximum absolute atomic E-state index is 14.3. The number of esters is 1. The Morgan fingerprint density at radius 2 is 1.70 bits per heavy atom. The van der Waals surface area contributed by atoms with Gasteiger partial charge in [-0.3, -0.25) is 9.69 Å². The second kappa shape index (κ2) is 10.0. The lowest BCUT2D eigenvalue weighted by molar-refractivity contribution is -0.150. The molecule has 2 fully saturated rings. The van der Waals surface area contributed by atoms with Crippen molar-refractivity contribution in [2.75, 3.05) is 25.1 Å². The predicted molar refractivity (Wildman–Crippen MR) is 135 cm³/mol. The molecule has 3 aliphatic rings. The Labute approximate surface area is 216 Å². The lowest BCUT2D eigenvalue weighted by Crippen LogP contribution is -2.56.